The van der Waals surface area contributed by atoms with E-state index in [1.54, 1.807) is 18.3 Å². The second-order valence-corrected chi connectivity index (χ2v) is 7.26. The first-order valence-electron chi connectivity index (χ1n) is 6.11. The molecule has 1 aromatic rings. The van der Waals surface area contributed by atoms with Gasteiger partial charge >= 0.3 is 0 Å². The van der Waals surface area contributed by atoms with Crippen LogP contribution in [0.1, 0.15) is 19.3 Å². The van der Waals surface area contributed by atoms with Crippen LogP contribution in [-0.4, -0.2) is 36.9 Å². The number of rotatable bonds is 4. The highest BCUT2D eigenvalue weighted by atomic mass is 32.2. The summed E-state index contributed by atoms with van der Waals surface area (Å²) in [6, 6.07) is 5.39. The Bertz CT molecular complexity index is 565. The van der Waals surface area contributed by atoms with E-state index in [1.807, 2.05) is 6.07 Å². The van der Waals surface area contributed by atoms with Gasteiger partial charge in [-0.15, -0.1) is 0 Å². The smallest absolute Gasteiger partial charge is 0.194 e. The Morgan fingerprint density at radius 1 is 1.53 bits per heavy atom. The Balaban J connectivity index is 2.02. The zero-order valence-corrected chi connectivity index (χ0v) is 11.7. The number of aliphatic imine (C=N–C) groups is 1. The number of nitrogens with zero attached hydrogens (tertiary/aromatic N) is 2. The predicted octanol–water partition coefficient (Wildman–Crippen LogP) is 0.775. The van der Waals surface area contributed by atoms with E-state index in [1.165, 1.54) is 6.26 Å². The maximum atomic E-state index is 11.8. The van der Waals surface area contributed by atoms with Gasteiger partial charge in [-0.25, -0.2) is 13.4 Å². The number of aromatic nitrogens is 1. The van der Waals surface area contributed by atoms with Crippen molar-refractivity contribution in [1.29, 1.82) is 0 Å². The van der Waals surface area contributed by atoms with Gasteiger partial charge in [0, 0.05) is 12.5 Å². The van der Waals surface area contributed by atoms with Crippen LogP contribution < -0.4 is 11.1 Å². The maximum Gasteiger partial charge on any atom is 0.194 e. The topological polar surface area (TPSA) is 97.4 Å². The van der Waals surface area contributed by atoms with Gasteiger partial charge < -0.3 is 11.1 Å². The van der Waals surface area contributed by atoms with Crippen molar-refractivity contribution in [2.45, 2.75) is 24.0 Å². The van der Waals surface area contributed by atoms with Crippen molar-refractivity contribution >= 4 is 21.6 Å². The molecule has 0 saturated heterocycles. The summed E-state index contributed by atoms with van der Waals surface area (Å²) in [6.45, 7) is 0.206. The first kappa shape index (κ1) is 13.8. The fourth-order valence-corrected chi connectivity index (χ4v) is 3.38. The molecule has 0 unspecified atom stereocenters. The average Bonchev–Trinajstić information content (AvgIpc) is 2.26. The molecule has 1 aromatic heterocycles. The maximum absolute atomic E-state index is 11.8. The van der Waals surface area contributed by atoms with Gasteiger partial charge in [0.25, 0.3) is 0 Å². The third kappa shape index (κ3) is 3.04. The van der Waals surface area contributed by atoms with E-state index >= 15 is 0 Å². The van der Waals surface area contributed by atoms with E-state index in [0.29, 0.717) is 18.7 Å². The molecule has 3 N–H and O–H groups in total. The summed E-state index contributed by atoms with van der Waals surface area (Å²) in [7, 11) is -3.10. The highest BCUT2D eigenvalue weighted by molar-refractivity contribution is 7.92. The molecule has 1 aliphatic rings. The van der Waals surface area contributed by atoms with Crippen LogP contribution in [0.5, 0.6) is 0 Å². The lowest BCUT2D eigenvalue weighted by Gasteiger charge is -2.38. The highest BCUT2D eigenvalue weighted by Crippen LogP contribution is 2.39. The summed E-state index contributed by atoms with van der Waals surface area (Å²) in [5.41, 5.74) is 5.74. The molecule has 6 nitrogen and oxygen atoms in total. The van der Waals surface area contributed by atoms with Gasteiger partial charge in [0.05, 0.1) is 11.3 Å². The van der Waals surface area contributed by atoms with Gasteiger partial charge in [0.15, 0.2) is 15.8 Å². The van der Waals surface area contributed by atoms with Gasteiger partial charge in [-0.2, -0.15) is 0 Å². The fraction of sp³-hybridized carbons (Fsp3) is 0.500. The number of nitrogens with two attached hydrogens (primary N) is 1. The lowest BCUT2D eigenvalue weighted by molar-refractivity contribution is 0.347. The third-order valence-corrected chi connectivity index (χ3v) is 5.62. The Morgan fingerprint density at radius 2 is 2.26 bits per heavy atom. The van der Waals surface area contributed by atoms with Gasteiger partial charge in [0.2, 0.25) is 0 Å². The van der Waals surface area contributed by atoms with Gasteiger partial charge in [0.1, 0.15) is 5.82 Å². The van der Waals surface area contributed by atoms with Crippen LogP contribution in [0, 0.1) is 0 Å². The molecule has 0 aliphatic heterocycles. The normalized spacial score (nSPS) is 18.7. The Kier molecular flexibility index (Phi) is 3.75. The van der Waals surface area contributed by atoms with Crippen molar-refractivity contribution in [3.63, 3.8) is 0 Å². The number of hydrogen-bond acceptors (Lipinski definition) is 4. The number of nitrogens with one attached hydrogen (secondary N) is 1. The number of sulfone groups is 1. The second-order valence-electron chi connectivity index (χ2n) is 4.85. The monoisotopic (exact) mass is 282 g/mol. The second kappa shape index (κ2) is 5.16. The van der Waals surface area contributed by atoms with E-state index in [0.717, 1.165) is 6.42 Å². The molecule has 0 aromatic carbocycles. The molecule has 0 atom stereocenters. The van der Waals surface area contributed by atoms with Crippen LogP contribution >= 0.6 is 0 Å². The summed E-state index contributed by atoms with van der Waals surface area (Å²) in [4.78, 5) is 8.20. The summed E-state index contributed by atoms with van der Waals surface area (Å²) in [5.74, 6) is 0.777. The minimum atomic E-state index is -3.10. The molecule has 0 amide bonds. The van der Waals surface area contributed by atoms with Crippen LogP contribution in [0.3, 0.4) is 0 Å². The van der Waals surface area contributed by atoms with E-state index in [9.17, 15) is 8.42 Å². The molecule has 1 aliphatic carbocycles. The molecule has 1 fully saturated rings. The number of guanidine groups is 1. The van der Waals surface area contributed by atoms with E-state index < -0.39 is 14.6 Å². The highest BCUT2D eigenvalue weighted by Gasteiger charge is 2.46. The molecular formula is C12H18N4O2S. The Morgan fingerprint density at radius 3 is 2.74 bits per heavy atom. The zero-order valence-electron chi connectivity index (χ0n) is 10.8. The van der Waals surface area contributed by atoms with Gasteiger partial charge in [-0.1, -0.05) is 12.5 Å². The van der Waals surface area contributed by atoms with Crippen LogP contribution in [0.15, 0.2) is 29.4 Å². The Labute approximate surface area is 113 Å². The van der Waals surface area contributed by atoms with Gasteiger partial charge in [-0.05, 0) is 25.0 Å². The molecule has 2 rings (SSSR count). The number of pyridine rings is 1. The van der Waals surface area contributed by atoms with Crippen molar-refractivity contribution in [3.8, 4) is 0 Å². The summed E-state index contributed by atoms with van der Waals surface area (Å²) < 4.78 is 22.8. The summed E-state index contributed by atoms with van der Waals surface area (Å²) in [5, 5.41) is 2.84. The van der Waals surface area contributed by atoms with Gasteiger partial charge in [-0.3, -0.25) is 4.99 Å². The lowest BCUT2D eigenvalue weighted by atomic mass is 9.84. The number of anilines is 1. The summed E-state index contributed by atoms with van der Waals surface area (Å²) >= 11 is 0. The predicted molar refractivity (Wildman–Crippen MR) is 75.8 cm³/mol. The van der Waals surface area contributed by atoms with Crippen LogP contribution in [-0.2, 0) is 9.84 Å². The quantitative estimate of drug-likeness (QED) is 0.628. The molecule has 1 heterocycles. The molecule has 19 heavy (non-hydrogen) atoms. The Hall–Kier alpha value is -1.63. The van der Waals surface area contributed by atoms with Crippen molar-refractivity contribution in [2.24, 2.45) is 10.7 Å². The molecule has 0 spiro atoms. The number of hydrogen-bond donors (Lipinski definition) is 2. The SMILES string of the molecule is CS(=O)(=O)C1(CN=C(N)Nc2ccccn2)CCC1. The van der Waals surface area contributed by atoms with Crippen LogP contribution in [0.25, 0.3) is 0 Å². The van der Waals surface area contributed by atoms with E-state index in [-0.39, 0.29) is 12.5 Å². The first-order valence-corrected chi connectivity index (χ1v) is 8.00. The minimum absolute atomic E-state index is 0.189. The third-order valence-electron chi connectivity index (χ3n) is 3.51. The molecule has 104 valence electrons. The van der Waals surface area contributed by atoms with Crippen molar-refractivity contribution in [1.82, 2.24) is 4.98 Å². The van der Waals surface area contributed by atoms with Crippen LogP contribution in [0.2, 0.25) is 0 Å². The molecule has 1 saturated carbocycles. The minimum Gasteiger partial charge on any atom is -0.370 e. The zero-order chi connectivity index (χ0) is 13.9. The molecule has 0 radical (unpaired) electrons. The average molecular weight is 282 g/mol. The largest absolute Gasteiger partial charge is 0.370 e. The van der Waals surface area contributed by atoms with Crippen molar-refractivity contribution < 1.29 is 8.42 Å². The van der Waals surface area contributed by atoms with Crippen molar-refractivity contribution in [2.75, 3.05) is 18.1 Å². The van der Waals surface area contributed by atoms with Crippen LogP contribution in [0.4, 0.5) is 5.82 Å². The molecular weight excluding hydrogens is 264 g/mol. The first-order chi connectivity index (χ1) is 8.93. The standard InChI is InChI=1S/C12H18N4O2S/c1-19(17,18)12(6-4-7-12)9-15-11(13)16-10-5-2-3-8-14-10/h2-3,5,8H,4,6-7,9H2,1H3,(H3,13,14,15,16). The summed E-state index contributed by atoms with van der Waals surface area (Å²) in [6.07, 6.45) is 5.15. The molecule has 0 bridgehead atoms. The lowest BCUT2D eigenvalue weighted by Crippen LogP contribution is -2.48. The molecule has 7 heteroatoms. The van der Waals surface area contributed by atoms with E-state index in [4.69, 9.17) is 5.73 Å². The van der Waals surface area contributed by atoms with Crippen molar-refractivity contribution in [3.05, 3.63) is 24.4 Å². The fourth-order valence-electron chi connectivity index (χ4n) is 2.05. The van der Waals surface area contributed by atoms with E-state index in [2.05, 4.69) is 15.3 Å².